The first-order valence-electron chi connectivity index (χ1n) is 6.48. The lowest BCUT2D eigenvalue weighted by atomic mass is 9.84. The van der Waals surface area contributed by atoms with Crippen molar-refractivity contribution in [1.29, 1.82) is 0 Å². The molecule has 0 bridgehead atoms. The number of hydrogen-bond donors (Lipinski definition) is 2. The van der Waals surface area contributed by atoms with Crippen LogP contribution in [0.15, 0.2) is 0 Å². The zero-order valence-electron chi connectivity index (χ0n) is 11.0. The molecule has 0 heterocycles. The molecule has 7 heteroatoms. The molecule has 0 spiro atoms. The molecule has 2 unspecified atom stereocenters. The minimum absolute atomic E-state index is 0.0918. The van der Waals surface area contributed by atoms with E-state index in [1.807, 2.05) is 6.26 Å². The summed E-state index contributed by atoms with van der Waals surface area (Å²) in [4.78, 5) is 11.8. The summed E-state index contributed by atoms with van der Waals surface area (Å²) in [6.07, 6.45) is -0.115. The van der Waals surface area contributed by atoms with Crippen LogP contribution in [-0.4, -0.2) is 36.2 Å². The fourth-order valence-electron chi connectivity index (χ4n) is 2.36. The summed E-state index contributed by atoms with van der Waals surface area (Å²) in [7, 11) is 0. The molecule has 0 aromatic carbocycles. The van der Waals surface area contributed by atoms with E-state index in [2.05, 4.69) is 5.32 Å². The zero-order valence-corrected chi connectivity index (χ0v) is 11.8. The van der Waals surface area contributed by atoms with Crippen LogP contribution in [0.25, 0.3) is 0 Å². The Labute approximate surface area is 115 Å². The average molecular weight is 298 g/mol. The molecule has 0 radical (unpaired) electrons. The fraction of sp³-hybridized carbons (Fsp3) is 0.917. The van der Waals surface area contributed by atoms with Gasteiger partial charge in [-0.1, -0.05) is 12.8 Å². The average Bonchev–Trinajstić information content (AvgIpc) is 2.35. The third-order valence-electron chi connectivity index (χ3n) is 3.48. The number of halogens is 3. The van der Waals surface area contributed by atoms with E-state index in [0.717, 1.165) is 12.2 Å². The van der Waals surface area contributed by atoms with Gasteiger partial charge in [-0.15, -0.1) is 0 Å². The minimum Gasteiger partial charge on any atom is -0.351 e. The zero-order chi connectivity index (χ0) is 14.5. The number of thioether (sulfide) groups is 1. The largest absolute Gasteiger partial charge is 0.393 e. The van der Waals surface area contributed by atoms with Crippen LogP contribution >= 0.6 is 11.8 Å². The number of hydrogen-bond acceptors (Lipinski definition) is 3. The van der Waals surface area contributed by atoms with E-state index in [0.29, 0.717) is 19.3 Å². The smallest absolute Gasteiger partial charge is 0.351 e. The molecule has 3 atom stereocenters. The van der Waals surface area contributed by atoms with Crippen molar-refractivity contribution in [1.82, 2.24) is 5.32 Å². The Morgan fingerprint density at radius 3 is 2.63 bits per heavy atom. The van der Waals surface area contributed by atoms with E-state index in [1.165, 1.54) is 0 Å². The summed E-state index contributed by atoms with van der Waals surface area (Å²) >= 11 is 1.56. The second kappa shape index (κ2) is 7.38. The second-order valence-corrected chi connectivity index (χ2v) is 5.92. The Balaban J connectivity index is 2.55. The van der Waals surface area contributed by atoms with Crippen LogP contribution in [0.1, 0.15) is 32.1 Å². The van der Waals surface area contributed by atoms with E-state index in [9.17, 15) is 18.0 Å². The fourth-order valence-corrected chi connectivity index (χ4v) is 2.85. The molecular formula is C12H21F3N2OS. The topological polar surface area (TPSA) is 55.1 Å². The van der Waals surface area contributed by atoms with Gasteiger partial charge >= 0.3 is 6.18 Å². The first-order chi connectivity index (χ1) is 8.86. The summed E-state index contributed by atoms with van der Waals surface area (Å²) in [5, 5.41) is 2.49. The third kappa shape index (κ3) is 5.22. The van der Waals surface area contributed by atoms with Gasteiger partial charge in [0.25, 0.3) is 0 Å². The maximum atomic E-state index is 12.9. The van der Waals surface area contributed by atoms with Crippen LogP contribution in [0.2, 0.25) is 0 Å². The van der Waals surface area contributed by atoms with Gasteiger partial charge in [-0.3, -0.25) is 4.79 Å². The van der Waals surface area contributed by atoms with E-state index >= 15 is 0 Å². The molecule has 3 nitrogen and oxygen atoms in total. The Morgan fingerprint density at radius 1 is 1.42 bits per heavy atom. The van der Waals surface area contributed by atoms with Gasteiger partial charge in [0.05, 0.1) is 12.0 Å². The van der Waals surface area contributed by atoms with Crippen molar-refractivity contribution in [2.45, 2.75) is 50.4 Å². The van der Waals surface area contributed by atoms with Gasteiger partial charge in [0.2, 0.25) is 5.91 Å². The molecule has 0 aliphatic heterocycles. The van der Waals surface area contributed by atoms with Gasteiger partial charge in [0, 0.05) is 6.04 Å². The predicted octanol–water partition coefficient (Wildman–Crippen LogP) is 2.30. The molecule has 1 fully saturated rings. The summed E-state index contributed by atoms with van der Waals surface area (Å²) < 4.78 is 38.6. The number of amides is 1. The van der Waals surface area contributed by atoms with Crippen LogP contribution in [0.3, 0.4) is 0 Å². The molecule has 1 aliphatic rings. The van der Waals surface area contributed by atoms with E-state index in [-0.39, 0.29) is 6.42 Å². The quantitative estimate of drug-likeness (QED) is 0.819. The highest BCUT2D eigenvalue weighted by Gasteiger charge is 2.46. The maximum Gasteiger partial charge on any atom is 0.393 e. The summed E-state index contributed by atoms with van der Waals surface area (Å²) in [5.41, 5.74) is 5.67. The van der Waals surface area contributed by atoms with Crippen LogP contribution in [-0.2, 0) is 4.79 Å². The van der Waals surface area contributed by atoms with Crippen molar-refractivity contribution >= 4 is 17.7 Å². The van der Waals surface area contributed by atoms with Gasteiger partial charge in [-0.05, 0) is 31.3 Å². The molecule has 1 rings (SSSR count). The molecule has 1 aliphatic carbocycles. The van der Waals surface area contributed by atoms with E-state index in [4.69, 9.17) is 5.73 Å². The number of carbonyl (C=O) groups excluding carboxylic acids is 1. The van der Waals surface area contributed by atoms with Crippen molar-refractivity contribution in [3.05, 3.63) is 0 Å². The van der Waals surface area contributed by atoms with Gasteiger partial charge in [-0.2, -0.15) is 24.9 Å². The Kier molecular flexibility index (Phi) is 6.46. The SMILES string of the molecule is CSCC[C@H](N)C(=O)NC1CCCCC1C(F)(F)F. The lowest BCUT2D eigenvalue weighted by Gasteiger charge is -2.34. The van der Waals surface area contributed by atoms with Crippen molar-refractivity contribution < 1.29 is 18.0 Å². The van der Waals surface area contributed by atoms with Crippen LogP contribution in [0.5, 0.6) is 0 Å². The van der Waals surface area contributed by atoms with Crippen LogP contribution < -0.4 is 11.1 Å². The maximum absolute atomic E-state index is 12.9. The lowest BCUT2D eigenvalue weighted by molar-refractivity contribution is -0.189. The highest BCUT2D eigenvalue weighted by molar-refractivity contribution is 7.98. The van der Waals surface area contributed by atoms with Crippen molar-refractivity contribution in [3.63, 3.8) is 0 Å². The normalized spacial score (nSPS) is 25.9. The third-order valence-corrected chi connectivity index (χ3v) is 4.13. The van der Waals surface area contributed by atoms with Crippen molar-refractivity contribution in [3.8, 4) is 0 Å². The molecule has 0 saturated heterocycles. The van der Waals surface area contributed by atoms with Crippen molar-refractivity contribution in [2.75, 3.05) is 12.0 Å². The van der Waals surface area contributed by atoms with Gasteiger partial charge in [0.15, 0.2) is 0 Å². The minimum atomic E-state index is -4.25. The molecule has 3 N–H and O–H groups in total. The monoisotopic (exact) mass is 298 g/mol. The lowest BCUT2D eigenvalue weighted by Crippen LogP contribution is -2.52. The Bertz CT molecular complexity index is 299. The Morgan fingerprint density at radius 2 is 2.05 bits per heavy atom. The molecule has 0 aromatic heterocycles. The molecule has 1 saturated carbocycles. The molecule has 1 amide bonds. The van der Waals surface area contributed by atoms with Gasteiger partial charge in [-0.25, -0.2) is 0 Å². The summed E-state index contributed by atoms with van der Waals surface area (Å²) in [6, 6.07) is -1.54. The molecule has 0 aromatic rings. The van der Waals surface area contributed by atoms with Crippen LogP contribution in [0.4, 0.5) is 13.2 Å². The second-order valence-electron chi connectivity index (χ2n) is 4.94. The predicted molar refractivity (Wildman–Crippen MR) is 70.9 cm³/mol. The van der Waals surface area contributed by atoms with Gasteiger partial charge in [0.1, 0.15) is 0 Å². The first-order valence-corrected chi connectivity index (χ1v) is 7.87. The van der Waals surface area contributed by atoms with E-state index < -0.39 is 30.1 Å². The van der Waals surface area contributed by atoms with Crippen molar-refractivity contribution in [2.24, 2.45) is 11.7 Å². The van der Waals surface area contributed by atoms with Gasteiger partial charge < -0.3 is 11.1 Å². The summed E-state index contributed by atoms with van der Waals surface area (Å²) in [6.45, 7) is 0. The number of nitrogens with two attached hydrogens (primary N) is 1. The number of carbonyl (C=O) groups is 1. The number of nitrogens with one attached hydrogen (secondary N) is 1. The number of alkyl halides is 3. The highest BCUT2D eigenvalue weighted by Crippen LogP contribution is 2.37. The molecule has 112 valence electrons. The highest BCUT2D eigenvalue weighted by atomic mass is 32.2. The van der Waals surface area contributed by atoms with E-state index in [1.54, 1.807) is 11.8 Å². The molecular weight excluding hydrogens is 277 g/mol. The van der Waals surface area contributed by atoms with Crippen LogP contribution in [0, 0.1) is 5.92 Å². The Hall–Kier alpha value is -0.430. The summed E-state index contributed by atoms with van der Waals surface area (Å²) in [5.74, 6) is -1.17. The number of rotatable bonds is 5. The molecule has 19 heavy (non-hydrogen) atoms. The standard InChI is InChI=1S/C12H21F3N2OS/c1-19-7-6-9(16)11(18)17-10-5-3-2-4-8(10)12(13,14)15/h8-10H,2-7,16H2,1H3,(H,17,18)/t8?,9-,10?/m0/s1. The first kappa shape index (κ1) is 16.6.